The Labute approximate surface area is 132 Å². The molecular weight excluding hydrogens is 278 g/mol. The Morgan fingerprint density at radius 2 is 2.00 bits per heavy atom. The Kier molecular flexibility index (Phi) is 5.06. The fraction of sp³-hybridized carbons (Fsp3) is 0.529. The molecule has 3 amide bonds. The van der Waals surface area contributed by atoms with E-state index < -0.39 is 0 Å². The molecule has 1 saturated heterocycles. The Morgan fingerprint density at radius 1 is 1.27 bits per heavy atom. The summed E-state index contributed by atoms with van der Waals surface area (Å²) in [6.07, 6.45) is 1.61. The zero-order chi connectivity index (χ0) is 16.2. The van der Waals surface area contributed by atoms with Crippen molar-refractivity contribution in [3.63, 3.8) is 0 Å². The summed E-state index contributed by atoms with van der Waals surface area (Å²) < 4.78 is 0. The SMILES string of the molecule is CC(C)(C)NC(=O)NCc1cccc(CN2CCCC2=O)c1. The quantitative estimate of drug-likeness (QED) is 0.897. The van der Waals surface area contributed by atoms with Crippen LogP contribution in [0.4, 0.5) is 4.79 Å². The topological polar surface area (TPSA) is 61.4 Å². The molecule has 0 spiro atoms. The maximum absolute atomic E-state index is 11.8. The highest BCUT2D eigenvalue weighted by atomic mass is 16.2. The van der Waals surface area contributed by atoms with Gasteiger partial charge in [0.15, 0.2) is 0 Å². The number of nitrogens with one attached hydrogen (secondary N) is 2. The van der Waals surface area contributed by atoms with E-state index in [-0.39, 0.29) is 17.5 Å². The molecule has 0 bridgehead atoms. The molecule has 0 aliphatic carbocycles. The average molecular weight is 303 g/mol. The van der Waals surface area contributed by atoms with Gasteiger partial charge in [-0.25, -0.2) is 4.79 Å². The van der Waals surface area contributed by atoms with Crippen molar-refractivity contribution in [1.29, 1.82) is 0 Å². The van der Waals surface area contributed by atoms with Crippen molar-refractivity contribution in [2.45, 2.75) is 52.2 Å². The van der Waals surface area contributed by atoms with Crippen molar-refractivity contribution in [1.82, 2.24) is 15.5 Å². The van der Waals surface area contributed by atoms with E-state index in [2.05, 4.69) is 10.6 Å². The van der Waals surface area contributed by atoms with Crippen molar-refractivity contribution in [2.24, 2.45) is 0 Å². The molecule has 0 aromatic heterocycles. The maximum Gasteiger partial charge on any atom is 0.315 e. The van der Waals surface area contributed by atoms with Gasteiger partial charge in [-0.3, -0.25) is 4.79 Å². The minimum atomic E-state index is -0.248. The molecule has 5 heteroatoms. The second kappa shape index (κ2) is 6.81. The third kappa shape index (κ3) is 5.06. The lowest BCUT2D eigenvalue weighted by Gasteiger charge is -2.21. The lowest BCUT2D eigenvalue weighted by atomic mass is 10.1. The number of amides is 3. The van der Waals surface area contributed by atoms with Crippen LogP contribution in [0.25, 0.3) is 0 Å². The third-order valence-corrected chi connectivity index (χ3v) is 3.48. The summed E-state index contributed by atoms with van der Waals surface area (Å²) in [5, 5.41) is 5.72. The fourth-order valence-electron chi connectivity index (χ4n) is 2.50. The van der Waals surface area contributed by atoms with Gasteiger partial charge in [-0.2, -0.15) is 0 Å². The molecule has 0 unspecified atom stereocenters. The van der Waals surface area contributed by atoms with Crippen molar-refractivity contribution in [2.75, 3.05) is 6.54 Å². The molecule has 22 heavy (non-hydrogen) atoms. The Morgan fingerprint density at radius 3 is 2.64 bits per heavy atom. The van der Waals surface area contributed by atoms with Crippen LogP contribution in [0, 0.1) is 0 Å². The Bertz CT molecular complexity index is 549. The van der Waals surface area contributed by atoms with Crippen LogP contribution in [0.5, 0.6) is 0 Å². The number of benzene rings is 1. The van der Waals surface area contributed by atoms with E-state index in [1.807, 2.05) is 49.9 Å². The van der Waals surface area contributed by atoms with Crippen LogP contribution < -0.4 is 10.6 Å². The van der Waals surface area contributed by atoms with Gasteiger partial charge in [0.25, 0.3) is 0 Å². The van der Waals surface area contributed by atoms with Crippen LogP contribution in [0.2, 0.25) is 0 Å². The van der Waals surface area contributed by atoms with E-state index in [1.54, 1.807) is 0 Å². The van der Waals surface area contributed by atoms with Crippen molar-refractivity contribution < 1.29 is 9.59 Å². The molecule has 1 aromatic rings. The molecule has 2 N–H and O–H groups in total. The molecule has 1 heterocycles. The molecule has 1 aliphatic heterocycles. The second-order valence-corrected chi connectivity index (χ2v) is 6.80. The summed E-state index contributed by atoms with van der Waals surface area (Å²) in [5.74, 6) is 0.230. The van der Waals surface area contributed by atoms with Gasteiger partial charge in [-0.1, -0.05) is 24.3 Å². The minimum Gasteiger partial charge on any atom is -0.338 e. The molecule has 2 rings (SSSR count). The maximum atomic E-state index is 11.8. The molecule has 0 radical (unpaired) electrons. The van der Waals surface area contributed by atoms with Gasteiger partial charge in [0.05, 0.1) is 0 Å². The van der Waals surface area contributed by atoms with Crippen LogP contribution >= 0.6 is 0 Å². The first-order chi connectivity index (χ1) is 10.3. The lowest BCUT2D eigenvalue weighted by Crippen LogP contribution is -2.46. The van der Waals surface area contributed by atoms with E-state index in [4.69, 9.17) is 0 Å². The molecule has 5 nitrogen and oxygen atoms in total. The van der Waals surface area contributed by atoms with Gasteiger partial charge in [0, 0.05) is 31.6 Å². The number of carbonyl (C=O) groups is 2. The number of nitrogens with zero attached hydrogens (tertiary/aromatic N) is 1. The normalized spacial score (nSPS) is 15.0. The fourth-order valence-corrected chi connectivity index (χ4v) is 2.50. The number of urea groups is 1. The van der Waals surface area contributed by atoms with Crippen LogP contribution in [0.15, 0.2) is 24.3 Å². The largest absolute Gasteiger partial charge is 0.338 e. The van der Waals surface area contributed by atoms with Gasteiger partial charge in [-0.15, -0.1) is 0 Å². The van der Waals surface area contributed by atoms with Gasteiger partial charge in [0.2, 0.25) is 5.91 Å². The highest BCUT2D eigenvalue weighted by molar-refractivity contribution is 5.78. The van der Waals surface area contributed by atoms with Gasteiger partial charge in [0.1, 0.15) is 0 Å². The summed E-state index contributed by atoms with van der Waals surface area (Å²) in [7, 11) is 0. The first-order valence-corrected chi connectivity index (χ1v) is 7.75. The van der Waals surface area contributed by atoms with E-state index in [1.165, 1.54) is 0 Å². The molecular formula is C17H25N3O2. The minimum absolute atomic E-state index is 0.173. The van der Waals surface area contributed by atoms with Crippen LogP contribution in [-0.2, 0) is 17.9 Å². The number of carbonyl (C=O) groups excluding carboxylic acids is 2. The number of likely N-dealkylation sites (tertiary alicyclic amines) is 1. The van der Waals surface area contributed by atoms with E-state index in [0.717, 1.165) is 24.1 Å². The molecule has 0 saturated carbocycles. The molecule has 1 aromatic carbocycles. The average Bonchev–Trinajstić information content (AvgIpc) is 2.81. The summed E-state index contributed by atoms with van der Waals surface area (Å²) in [4.78, 5) is 25.3. The van der Waals surface area contributed by atoms with Crippen molar-refractivity contribution in [3.8, 4) is 0 Å². The summed E-state index contributed by atoms with van der Waals surface area (Å²) in [6.45, 7) is 7.81. The summed E-state index contributed by atoms with van der Waals surface area (Å²) >= 11 is 0. The summed E-state index contributed by atoms with van der Waals surface area (Å²) in [6, 6.07) is 7.83. The van der Waals surface area contributed by atoms with E-state index >= 15 is 0 Å². The number of rotatable bonds is 4. The summed E-state index contributed by atoms with van der Waals surface area (Å²) in [5.41, 5.74) is 1.89. The lowest BCUT2D eigenvalue weighted by molar-refractivity contribution is -0.128. The smallest absolute Gasteiger partial charge is 0.315 e. The van der Waals surface area contributed by atoms with Crippen LogP contribution in [-0.4, -0.2) is 28.9 Å². The van der Waals surface area contributed by atoms with Gasteiger partial charge in [-0.05, 0) is 38.3 Å². The standard InChI is InChI=1S/C17H25N3O2/c1-17(2,3)19-16(22)18-11-13-6-4-7-14(10-13)12-20-9-5-8-15(20)21/h4,6-7,10H,5,8-9,11-12H2,1-3H3,(H2,18,19,22). The molecule has 0 atom stereocenters. The predicted molar refractivity (Wildman–Crippen MR) is 86.2 cm³/mol. The van der Waals surface area contributed by atoms with Crippen molar-refractivity contribution in [3.05, 3.63) is 35.4 Å². The first kappa shape index (κ1) is 16.3. The highest BCUT2D eigenvalue weighted by Gasteiger charge is 2.20. The van der Waals surface area contributed by atoms with Gasteiger partial charge >= 0.3 is 6.03 Å². The van der Waals surface area contributed by atoms with E-state index in [9.17, 15) is 9.59 Å². The zero-order valence-electron chi connectivity index (χ0n) is 13.6. The van der Waals surface area contributed by atoms with Crippen LogP contribution in [0.3, 0.4) is 0 Å². The molecule has 120 valence electrons. The zero-order valence-corrected chi connectivity index (χ0v) is 13.6. The first-order valence-electron chi connectivity index (χ1n) is 7.75. The Balaban J connectivity index is 1.88. The highest BCUT2D eigenvalue weighted by Crippen LogP contribution is 2.15. The van der Waals surface area contributed by atoms with E-state index in [0.29, 0.717) is 19.5 Å². The number of hydrogen-bond donors (Lipinski definition) is 2. The van der Waals surface area contributed by atoms with Crippen molar-refractivity contribution >= 4 is 11.9 Å². The predicted octanol–water partition coefficient (Wildman–Crippen LogP) is 2.41. The van der Waals surface area contributed by atoms with Crippen LogP contribution in [0.1, 0.15) is 44.7 Å². The molecule has 1 fully saturated rings. The third-order valence-electron chi connectivity index (χ3n) is 3.48. The van der Waals surface area contributed by atoms with Gasteiger partial charge < -0.3 is 15.5 Å². The second-order valence-electron chi connectivity index (χ2n) is 6.80. The molecule has 1 aliphatic rings. The Hall–Kier alpha value is -2.04. The number of hydrogen-bond acceptors (Lipinski definition) is 2. The monoisotopic (exact) mass is 303 g/mol.